The number of sulfonamides is 1. The van der Waals surface area contributed by atoms with Crippen molar-refractivity contribution < 1.29 is 13.2 Å². The van der Waals surface area contributed by atoms with Crippen molar-refractivity contribution in [3.63, 3.8) is 0 Å². The molecule has 1 heterocycles. The number of nitrogens with zero attached hydrogens (tertiary/aromatic N) is 1. The Morgan fingerprint density at radius 2 is 2.00 bits per heavy atom. The molecule has 1 aromatic rings. The van der Waals surface area contributed by atoms with E-state index in [-0.39, 0.29) is 11.0 Å². The number of piperidine rings is 1. The number of anilines is 1. The molecule has 0 saturated carbocycles. The third kappa shape index (κ3) is 2.95. The summed E-state index contributed by atoms with van der Waals surface area (Å²) in [6, 6.07) is 6.41. The van der Waals surface area contributed by atoms with Gasteiger partial charge in [0.1, 0.15) is 0 Å². The number of nitrogen functional groups attached to an aromatic ring is 1. The van der Waals surface area contributed by atoms with E-state index < -0.39 is 10.0 Å². The molecule has 0 bridgehead atoms. The van der Waals surface area contributed by atoms with Crippen LogP contribution < -0.4 is 11.3 Å². The molecule has 1 aliphatic heterocycles. The summed E-state index contributed by atoms with van der Waals surface area (Å²) in [5.41, 5.74) is 3.15. The minimum absolute atomic E-state index is 0.0523. The smallest absolute Gasteiger partial charge is 0.243 e. The van der Waals surface area contributed by atoms with Crippen molar-refractivity contribution in [1.29, 1.82) is 0 Å². The van der Waals surface area contributed by atoms with E-state index in [1.807, 2.05) is 0 Å². The second kappa shape index (κ2) is 6.09. The molecule has 0 aliphatic carbocycles. The normalized spacial score (nSPS) is 24.6. The topological polar surface area (TPSA) is 84.7 Å². The van der Waals surface area contributed by atoms with Gasteiger partial charge in [-0.25, -0.2) is 8.42 Å². The summed E-state index contributed by atoms with van der Waals surface area (Å²) in [4.78, 5) is 0.279. The van der Waals surface area contributed by atoms with Gasteiger partial charge in [0.25, 0.3) is 0 Å². The summed E-state index contributed by atoms with van der Waals surface area (Å²) in [7, 11) is -1.84. The monoisotopic (exact) mass is 299 g/mol. The van der Waals surface area contributed by atoms with Crippen LogP contribution >= 0.6 is 0 Å². The van der Waals surface area contributed by atoms with Crippen molar-refractivity contribution in [2.24, 2.45) is 11.8 Å². The number of hydrogen-bond donors (Lipinski definition) is 2. The van der Waals surface area contributed by atoms with Gasteiger partial charge in [0.2, 0.25) is 10.0 Å². The molecule has 1 fully saturated rings. The number of rotatable bonds is 4. The molecule has 20 heavy (non-hydrogen) atoms. The van der Waals surface area contributed by atoms with E-state index in [1.165, 1.54) is 4.31 Å². The zero-order chi connectivity index (χ0) is 14.8. The van der Waals surface area contributed by atoms with Gasteiger partial charge in [0.15, 0.2) is 0 Å². The van der Waals surface area contributed by atoms with Crippen LogP contribution in [0.1, 0.15) is 13.3 Å². The standard InChI is InChI=1S/C13H21N3O3S/c1-10-7-8-16(9-13(10)19-2)20(17,18)12-5-3-11(15-14)4-6-12/h3-6,10,13,15H,7-9,14H2,1-2H3. The molecule has 0 radical (unpaired) electrons. The Balaban J connectivity index is 2.21. The van der Waals surface area contributed by atoms with Crippen LogP contribution in [0, 0.1) is 5.92 Å². The molecule has 3 N–H and O–H groups in total. The Kier molecular flexibility index (Phi) is 4.64. The molecule has 1 saturated heterocycles. The Bertz CT molecular complexity index is 544. The summed E-state index contributed by atoms with van der Waals surface area (Å²) in [5, 5.41) is 0. The molecular formula is C13H21N3O3S. The van der Waals surface area contributed by atoms with Crippen molar-refractivity contribution in [1.82, 2.24) is 4.31 Å². The van der Waals surface area contributed by atoms with Crippen molar-refractivity contribution in [3.8, 4) is 0 Å². The summed E-state index contributed by atoms with van der Waals surface area (Å²) in [6.45, 7) is 3.01. The Labute approximate surface area is 119 Å². The van der Waals surface area contributed by atoms with Crippen molar-refractivity contribution >= 4 is 15.7 Å². The molecule has 2 rings (SSSR count). The highest BCUT2D eigenvalue weighted by Gasteiger charge is 2.33. The molecule has 112 valence electrons. The van der Waals surface area contributed by atoms with Gasteiger partial charge in [-0.3, -0.25) is 5.84 Å². The molecular weight excluding hydrogens is 278 g/mol. The number of nitrogens with one attached hydrogen (secondary N) is 1. The third-order valence-electron chi connectivity index (χ3n) is 3.81. The first-order chi connectivity index (χ1) is 9.48. The second-order valence-corrected chi connectivity index (χ2v) is 7.01. The lowest BCUT2D eigenvalue weighted by molar-refractivity contribution is 0.0184. The molecule has 0 aromatic heterocycles. The van der Waals surface area contributed by atoms with Crippen molar-refractivity contribution in [3.05, 3.63) is 24.3 Å². The predicted molar refractivity (Wildman–Crippen MR) is 77.6 cm³/mol. The van der Waals surface area contributed by atoms with Crippen LogP contribution in [0.2, 0.25) is 0 Å². The van der Waals surface area contributed by atoms with Crippen LogP contribution in [-0.2, 0) is 14.8 Å². The zero-order valence-corrected chi connectivity index (χ0v) is 12.6. The summed E-state index contributed by atoms with van der Waals surface area (Å²) >= 11 is 0. The largest absolute Gasteiger partial charge is 0.380 e. The third-order valence-corrected chi connectivity index (χ3v) is 5.69. The van der Waals surface area contributed by atoms with Gasteiger partial charge in [0, 0.05) is 25.9 Å². The summed E-state index contributed by atoms with van der Waals surface area (Å²) < 4.78 is 32.0. The highest BCUT2D eigenvalue weighted by atomic mass is 32.2. The Morgan fingerprint density at radius 3 is 2.55 bits per heavy atom. The van der Waals surface area contributed by atoms with Gasteiger partial charge < -0.3 is 10.2 Å². The van der Waals surface area contributed by atoms with Crippen LogP contribution in [-0.4, -0.2) is 39.0 Å². The van der Waals surface area contributed by atoms with E-state index in [0.29, 0.717) is 24.7 Å². The Hall–Kier alpha value is -1.15. The Morgan fingerprint density at radius 1 is 1.35 bits per heavy atom. The van der Waals surface area contributed by atoms with Gasteiger partial charge in [-0.15, -0.1) is 0 Å². The summed E-state index contributed by atoms with van der Waals surface area (Å²) in [5.74, 6) is 5.65. The van der Waals surface area contributed by atoms with E-state index in [9.17, 15) is 8.42 Å². The minimum atomic E-state index is -3.47. The number of methoxy groups -OCH3 is 1. The lowest BCUT2D eigenvalue weighted by Crippen LogP contribution is -2.46. The molecule has 6 nitrogen and oxygen atoms in total. The predicted octanol–water partition coefficient (Wildman–Crippen LogP) is 1.02. The maximum Gasteiger partial charge on any atom is 0.243 e. The number of hydrazine groups is 1. The fourth-order valence-electron chi connectivity index (χ4n) is 2.40. The highest BCUT2D eigenvalue weighted by molar-refractivity contribution is 7.89. The van der Waals surface area contributed by atoms with Crippen molar-refractivity contribution in [2.45, 2.75) is 24.3 Å². The number of hydrogen-bond acceptors (Lipinski definition) is 5. The zero-order valence-electron chi connectivity index (χ0n) is 11.7. The molecule has 0 spiro atoms. The highest BCUT2D eigenvalue weighted by Crippen LogP contribution is 2.25. The van der Waals surface area contributed by atoms with E-state index in [0.717, 1.165) is 6.42 Å². The minimum Gasteiger partial charge on any atom is -0.380 e. The van der Waals surface area contributed by atoms with E-state index in [4.69, 9.17) is 10.6 Å². The average molecular weight is 299 g/mol. The van der Waals surface area contributed by atoms with E-state index in [1.54, 1.807) is 31.4 Å². The van der Waals surface area contributed by atoms with Crippen LogP contribution in [0.5, 0.6) is 0 Å². The van der Waals surface area contributed by atoms with Crippen LogP contribution in [0.3, 0.4) is 0 Å². The lowest BCUT2D eigenvalue weighted by Gasteiger charge is -2.35. The number of ether oxygens (including phenoxy) is 1. The van der Waals surface area contributed by atoms with Crippen LogP contribution in [0.25, 0.3) is 0 Å². The van der Waals surface area contributed by atoms with Gasteiger partial charge in [-0.05, 0) is 36.6 Å². The summed E-state index contributed by atoms with van der Waals surface area (Å²) in [6.07, 6.45) is 0.753. The maximum absolute atomic E-state index is 12.6. The fraction of sp³-hybridized carbons (Fsp3) is 0.538. The van der Waals surface area contributed by atoms with Gasteiger partial charge in [0.05, 0.1) is 11.0 Å². The molecule has 1 aliphatic rings. The molecule has 0 amide bonds. The molecule has 2 atom stereocenters. The fourth-order valence-corrected chi connectivity index (χ4v) is 3.87. The second-order valence-electron chi connectivity index (χ2n) is 5.07. The molecule has 7 heteroatoms. The molecule has 2 unspecified atom stereocenters. The number of nitrogens with two attached hydrogens (primary N) is 1. The first kappa shape index (κ1) is 15.2. The van der Waals surface area contributed by atoms with Crippen molar-refractivity contribution in [2.75, 3.05) is 25.6 Å². The number of benzene rings is 1. The maximum atomic E-state index is 12.6. The molecule has 1 aromatic carbocycles. The van der Waals surface area contributed by atoms with E-state index in [2.05, 4.69) is 12.3 Å². The first-order valence-electron chi connectivity index (χ1n) is 6.58. The van der Waals surface area contributed by atoms with Gasteiger partial charge in [-0.1, -0.05) is 6.92 Å². The van der Waals surface area contributed by atoms with Crippen LogP contribution in [0.4, 0.5) is 5.69 Å². The average Bonchev–Trinajstić information content (AvgIpc) is 2.47. The quantitative estimate of drug-likeness (QED) is 0.640. The lowest BCUT2D eigenvalue weighted by atomic mass is 9.97. The van der Waals surface area contributed by atoms with E-state index >= 15 is 0 Å². The van der Waals surface area contributed by atoms with Gasteiger partial charge in [-0.2, -0.15) is 4.31 Å². The SMILES string of the molecule is COC1CN(S(=O)(=O)c2ccc(NN)cc2)CCC1C. The van der Waals surface area contributed by atoms with Gasteiger partial charge >= 0.3 is 0 Å². The van der Waals surface area contributed by atoms with Crippen LogP contribution in [0.15, 0.2) is 29.2 Å². The first-order valence-corrected chi connectivity index (χ1v) is 8.02.